The molecular weight excluding hydrogens is 356 g/mol. The molecular formula is C16H22N6O3S. The zero-order valence-corrected chi connectivity index (χ0v) is 15.6. The molecule has 140 valence electrons. The van der Waals surface area contributed by atoms with Gasteiger partial charge in [-0.15, -0.1) is 10.2 Å². The third-order valence-corrected chi connectivity index (χ3v) is 6.17. The molecule has 10 heteroatoms. The Morgan fingerprint density at radius 1 is 1.15 bits per heavy atom. The Balaban J connectivity index is 1.59. The largest absolute Gasteiger partial charge is 0.379 e. The van der Waals surface area contributed by atoms with Crippen LogP contribution in [0.2, 0.25) is 0 Å². The number of nitrogens with zero attached hydrogens (tertiary/aromatic N) is 6. The van der Waals surface area contributed by atoms with Gasteiger partial charge < -0.3 is 14.2 Å². The first-order valence-electron chi connectivity index (χ1n) is 8.53. The lowest BCUT2D eigenvalue weighted by atomic mass is 10.1. The van der Waals surface area contributed by atoms with Crippen molar-refractivity contribution in [2.75, 3.05) is 44.0 Å². The molecule has 2 fully saturated rings. The SMILES string of the molecule is Cn1ccnc1-c1ccc(N2C[C@@H]3COC[C@H](C2)N(S(C)(=O)=O)C3)nn1. The molecule has 2 aliphatic rings. The average molecular weight is 378 g/mol. The third-order valence-electron chi connectivity index (χ3n) is 4.87. The Kier molecular flexibility index (Phi) is 4.41. The van der Waals surface area contributed by atoms with Crippen LogP contribution >= 0.6 is 0 Å². The van der Waals surface area contributed by atoms with Crippen LogP contribution in [0.5, 0.6) is 0 Å². The van der Waals surface area contributed by atoms with E-state index in [1.807, 2.05) is 29.9 Å². The van der Waals surface area contributed by atoms with Crippen molar-refractivity contribution in [2.45, 2.75) is 6.04 Å². The number of anilines is 1. The highest BCUT2D eigenvalue weighted by molar-refractivity contribution is 7.88. The van der Waals surface area contributed by atoms with Crippen LogP contribution in [0.1, 0.15) is 0 Å². The van der Waals surface area contributed by atoms with Crippen molar-refractivity contribution < 1.29 is 13.2 Å². The van der Waals surface area contributed by atoms with Gasteiger partial charge in [0.1, 0.15) is 5.69 Å². The molecule has 0 aromatic carbocycles. The number of fused-ring (bicyclic) bond motifs is 3. The van der Waals surface area contributed by atoms with E-state index >= 15 is 0 Å². The average Bonchev–Trinajstić information content (AvgIpc) is 2.80. The van der Waals surface area contributed by atoms with Gasteiger partial charge in [0.25, 0.3) is 0 Å². The van der Waals surface area contributed by atoms with Crippen LogP contribution in [-0.2, 0) is 21.8 Å². The molecule has 2 bridgehead atoms. The zero-order chi connectivity index (χ0) is 18.3. The van der Waals surface area contributed by atoms with Crippen molar-refractivity contribution in [3.63, 3.8) is 0 Å². The first-order valence-corrected chi connectivity index (χ1v) is 10.4. The lowest BCUT2D eigenvalue weighted by Crippen LogP contribution is -2.46. The van der Waals surface area contributed by atoms with Gasteiger partial charge in [0.2, 0.25) is 10.0 Å². The Labute approximate surface area is 152 Å². The van der Waals surface area contributed by atoms with Crippen molar-refractivity contribution in [3.8, 4) is 11.5 Å². The summed E-state index contributed by atoms with van der Waals surface area (Å²) in [7, 11) is -1.36. The van der Waals surface area contributed by atoms with Crippen molar-refractivity contribution >= 4 is 15.8 Å². The normalized spacial score (nSPS) is 24.5. The van der Waals surface area contributed by atoms with Gasteiger partial charge in [-0.3, -0.25) is 0 Å². The topological polar surface area (TPSA) is 93.5 Å². The monoisotopic (exact) mass is 378 g/mol. The molecule has 4 heterocycles. The molecule has 2 saturated heterocycles. The lowest BCUT2D eigenvalue weighted by molar-refractivity contribution is 0.0979. The van der Waals surface area contributed by atoms with Gasteiger partial charge >= 0.3 is 0 Å². The number of hydrogen-bond donors (Lipinski definition) is 0. The van der Waals surface area contributed by atoms with Crippen LogP contribution in [0, 0.1) is 5.92 Å². The number of ether oxygens (including phenoxy) is 1. The molecule has 0 aliphatic carbocycles. The van der Waals surface area contributed by atoms with Crippen LogP contribution < -0.4 is 4.90 Å². The predicted molar refractivity (Wildman–Crippen MR) is 96.1 cm³/mol. The van der Waals surface area contributed by atoms with Crippen LogP contribution in [0.3, 0.4) is 0 Å². The summed E-state index contributed by atoms with van der Waals surface area (Å²) in [4.78, 5) is 6.39. The van der Waals surface area contributed by atoms with Gasteiger partial charge in [0.15, 0.2) is 11.6 Å². The second-order valence-electron chi connectivity index (χ2n) is 6.93. The van der Waals surface area contributed by atoms with E-state index in [2.05, 4.69) is 20.1 Å². The minimum atomic E-state index is -3.27. The lowest BCUT2D eigenvalue weighted by Gasteiger charge is -2.30. The Bertz CT molecular complexity index is 882. The summed E-state index contributed by atoms with van der Waals surface area (Å²) in [5, 5.41) is 8.68. The van der Waals surface area contributed by atoms with Gasteiger partial charge in [-0.05, 0) is 12.1 Å². The number of hydrogen-bond acceptors (Lipinski definition) is 7. The van der Waals surface area contributed by atoms with E-state index in [1.165, 1.54) is 6.26 Å². The number of imidazole rings is 1. The minimum absolute atomic E-state index is 0.105. The van der Waals surface area contributed by atoms with Gasteiger partial charge in [-0.25, -0.2) is 13.4 Å². The number of rotatable bonds is 3. The van der Waals surface area contributed by atoms with Gasteiger partial charge in [-0.2, -0.15) is 4.31 Å². The molecule has 2 aromatic heterocycles. The summed E-state index contributed by atoms with van der Waals surface area (Å²) in [6, 6.07) is 3.60. The van der Waals surface area contributed by atoms with Crippen LogP contribution in [0.15, 0.2) is 24.5 Å². The van der Waals surface area contributed by atoms with Gasteiger partial charge in [0, 0.05) is 45.0 Å². The van der Waals surface area contributed by atoms with E-state index in [1.54, 1.807) is 10.5 Å². The third kappa shape index (κ3) is 3.31. The van der Waals surface area contributed by atoms with Gasteiger partial charge in [-0.1, -0.05) is 0 Å². The quantitative estimate of drug-likeness (QED) is 0.741. The first-order chi connectivity index (χ1) is 12.4. The molecule has 0 radical (unpaired) electrons. The molecule has 0 N–H and O–H groups in total. The highest BCUT2D eigenvalue weighted by atomic mass is 32.2. The van der Waals surface area contributed by atoms with E-state index in [0.29, 0.717) is 38.5 Å². The van der Waals surface area contributed by atoms with Crippen molar-refractivity contribution in [2.24, 2.45) is 13.0 Å². The maximum Gasteiger partial charge on any atom is 0.211 e. The van der Waals surface area contributed by atoms with E-state index < -0.39 is 10.0 Å². The van der Waals surface area contributed by atoms with E-state index in [9.17, 15) is 8.42 Å². The fraction of sp³-hybridized carbons (Fsp3) is 0.562. The zero-order valence-electron chi connectivity index (χ0n) is 14.8. The minimum Gasteiger partial charge on any atom is -0.379 e. The highest BCUT2D eigenvalue weighted by Gasteiger charge is 2.38. The molecule has 26 heavy (non-hydrogen) atoms. The Hall–Kier alpha value is -2.04. The molecule has 2 atom stereocenters. The summed E-state index contributed by atoms with van der Waals surface area (Å²) in [5.41, 5.74) is 0.706. The van der Waals surface area contributed by atoms with E-state index in [-0.39, 0.29) is 12.0 Å². The molecule has 4 rings (SSSR count). The van der Waals surface area contributed by atoms with Crippen LogP contribution in [0.4, 0.5) is 5.82 Å². The number of aromatic nitrogens is 4. The molecule has 0 unspecified atom stereocenters. The molecule has 0 saturated carbocycles. The fourth-order valence-electron chi connectivity index (χ4n) is 3.62. The Morgan fingerprint density at radius 3 is 2.65 bits per heavy atom. The smallest absolute Gasteiger partial charge is 0.211 e. The fourth-order valence-corrected chi connectivity index (χ4v) is 4.77. The van der Waals surface area contributed by atoms with E-state index in [0.717, 1.165) is 11.6 Å². The van der Waals surface area contributed by atoms with Crippen molar-refractivity contribution in [1.82, 2.24) is 24.1 Å². The summed E-state index contributed by atoms with van der Waals surface area (Å²) >= 11 is 0. The maximum absolute atomic E-state index is 12.1. The van der Waals surface area contributed by atoms with Crippen LogP contribution in [-0.4, -0.2) is 77.6 Å². The standard InChI is InChI=1S/C16H22N6O3S/c1-20-6-5-17-16(20)14-3-4-15(19-18-14)21-7-12-8-22(26(2,23)24)13(9-21)11-25-10-12/h3-6,12-13H,7-11H2,1-2H3/t12-,13-/m0/s1. The number of aryl methyl sites for hydroxylation is 1. The van der Waals surface area contributed by atoms with E-state index in [4.69, 9.17) is 4.74 Å². The summed E-state index contributed by atoms with van der Waals surface area (Å²) in [5.74, 6) is 1.61. The van der Waals surface area contributed by atoms with Crippen molar-refractivity contribution in [1.29, 1.82) is 0 Å². The Morgan fingerprint density at radius 2 is 2.00 bits per heavy atom. The second-order valence-corrected chi connectivity index (χ2v) is 8.87. The maximum atomic E-state index is 12.1. The van der Waals surface area contributed by atoms with Crippen LogP contribution in [0.25, 0.3) is 11.5 Å². The number of sulfonamides is 1. The second kappa shape index (κ2) is 6.60. The molecule has 0 amide bonds. The summed E-state index contributed by atoms with van der Waals surface area (Å²) in [6.07, 6.45) is 4.85. The summed E-state index contributed by atoms with van der Waals surface area (Å²) < 4.78 is 33.4. The molecule has 2 aromatic rings. The summed E-state index contributed by atoms with van der Waals surface area (Å²) in [6.45, 7) is 2.67. The molecule has 9 nitrogen and oxygen atoms in total. The van der Waals surface area contributed by atoms with Crippen molar-refractivity contribution in [3.05, 3.63) is 24.5 Å². The first kappa shape index (κ1) is 17.4. The highest BCUT2D eigenvalue weighted by Crippen LogP contribution is 2.25. The van der Waals surface area contributed by atoms with Gasteiger partial charge in [0.05, 0.1) is 25.5 Å². The molecule has 0 spiro atoms. The predicted octanol–water partition coefficient (Wildman–Crippen LogP) is -0.0263. The molecule has 2 aliphatic heterocycles.